The molecule has 0 radical (unpaired) electrons. The summed E-state index contributed by atoms with van der Waals surface area (Å²) in [6, 6.07) is 8.36. The lowest BCUT2D eigenvalue weighted by Crippen LogP contribution is -2.08. The number of anilines is 2. The van der Waals surface area contributed by atoms with Crippen LogP contribution in [0, 0.1) is 5.82 Å². The Morgan fingerprint density at radius 3 is 2.82 bits per heavy atom. The van der Waals surface area contributed by atoms with Crippen LogP contribution >= 0.6 is 0 Å². The van der Waals surface area contributed by atoms with Gasteiger partial charge in [-0.2, -0.15) is 0 Å². The maximum Gasteiger partial charge on any atom is 0.131 e. The highest BCUT2D eigenvalue weighted by molar-refractivity contribution is 5.43. The predicted octanol–water partition coefficient (Wildman–Crippen LogP) is 1.85. The van der Waals surface area contributed by atoms with Crippen LogP contribution in [0.5, 0.6) is 0 Å². The van der Waals surface area contributed by atoms with E-state index in [9.17, 15) is 4.39 Å². The van der Waals surface area contributed by atoms with Crippen LogP contribution in [0.1, 0.15) is 5.56 Å². The van der Waals surface area contributed by atoms with Gasteiger partial charge in [-0.15, -0.1) is 0 Å². The first-order valence-electron chi connectivity index (χ1n) is 5.30. The Labute approximate surface area is 98.7 Å². The number of rotatable bonds is 4. The van der Waals surface area contributed by atoms with Crippen LogP contribution in [0.25, 0.3) is 0 Å². The maximum absolute atomic E-state index is 13.3. The molecule has 0 amide bonds. The number of halogens is 1. The zero-order valence-electron chi connectivity index (χ0n) is 9.23. The van der Waals surface area contributed by atoms with Crippen LogP contribution in [0.3, 0.4) is 0 Å². The molecule has 0 unspecified atom stereocenters. The van der Waals surface area contributed by atoms with E-state index in [0.29, 0.717) is 30.2 Å². The molecule has 17 heavy (non-hydrogen) atoms. The summed E-state index contributed by atoms with van der Waals surface area (Å²) in [5.41, 5.74) is 6.20. The predicted molar refractivity (Wildman–Crippen MR) is 65.0 cm³/mol. The van der Waals surface area contributed by atoms with Gasteiger partial charge in [0.2, 0.25) is 0 Å². The molecule has 5 heteroatoms. The summed E-state index contributed by atoms with van der Waals surface area (Å²) in [6.07, 6.45) is 1.98. The van der Waals surface area contributed by atoms with Gasteiger partial charge in [-0.25, -0.2) is 14.4 Å². The molecule has 1 aromatic heterocycles. The molecule has 3 N–H and O–H groups in total. The van der Waals surface area contributed by atoms with E-state index in [4.69, 9.17) is 5.73 Å². The first-order valence-corrected chi connectivity index (χ1v) is 5.30. The number of hydrogen-bond donors (Lipinski definition) is 2. The van der Waals surface area contributed by atoms with Gasteiger partial charge in [-0.05, 0) is 18.1 Å². The van der Waals surface area contributed by atoms with Crippen LogP contribution in [-0.2, 0) is 6.42 Å². The minimum absolute atomic E-state index is 0.184. The molecular weight excluding hydrogens is 219 g/mol. The summed E-state index contributed by atoms with van der Waals surface area (Å²) in [4.78, 5) is 7.78. The Hall–Kier alpha value is -2.17. The second-order valence-electron chi connectivity index (χ2n) is 3.60. The topological polar surface area (TPSA) is 63.8 Å². The van der Waals surface area contributed by atoms with Crippen LogP contribution in [0.15, 0.2) is 36.7 Å². The van der Waals surface area contributed by atoms with E-state index in [0.717, 1.165) is 0 Å². The van der Waals surface area contributed by atoms with Gasteiger partial charge < -0.3 is 11.1 Å². The number of nitrogens with two attached hydrogens (primary N) is 1. The first kappa shape index (κ1) is 11.3. The van der Waals surface area contributed by atoms with Crippen molar-refractivity contribution >= 4 is 11.6 Å². The van der Waals surface area contributed by atoms with Crippen molar-refractivity contribution in [3.05, 3.63) is 48.0 Å². The van der Waals surface area contributed by atoms with Gasteiger partial charge in [0, 0.05) is 12.6 Å². The van der Waals surface area contributed by atoms with Crippen molar-refractivity contribution in [2.45, 2.75) is 6.42 Å². The van der Waals surface area contributed by atoms with Gasteiger partial charge >= 0.3 is 0 Å². The van der Waals surface area contributed by atoms with Crippen molar-refractivity contribution in [2.24, 2.45) is 0 Å². The Bertz CT molecular complexity index is 501. The number of aromatic nitrogens is 2. The third-order valence-corrected chi connectivity index (χ3v) is 2.35. The molecule has 0 aliphatic heterocycles. The van der Waals surface area contributed by atoms with Crippen LogP contribution < -0.4 is 11.1 Å². The minimum Gasteiger partial charge on any atom is -0.384 e. The molecule has 0 aliphatic carbocycles. The number of nitrogen functional groups attached to an aromatic ring is 1. The normalized spacial score (nSPS) is 10.2. The van der Waals surface area contributed by atoms with Gasteiger partial charge in [-0.3, -0.25) is 0 Å². The summed E-state index contributed by atoms with van der Waals surface area (Å²) in [7, 11) is 0. The second-order valence-corrected chi connectivity index (χ2v) is 3.60. The molecule has 2 rings (SSSR count). The van der Waals surface area contributed by atoms with E-state index in [-0.39, 0.29) is 5.82 Å². The van der Waals surface area contributed by atoms with E-state index >= 15 is 0 Å². The molecular formula is C12H13FN4. The number of nitrogens with one attached hydrogen (secondary N) is 1. The monoisotopic (exact) mass is 232 g/mol. The summed E-state index contributed by atoms with van der Waals surface area (Å²) in [6.45, 7) is 0.595. The highest BCUT2D eigenvalue weighted by Crippen LogP contribution is 2.08. The molecule has 0 bridgehead atoms. The van der Waals surface area contributed by atoms with Gasteiger partial charge in [0.1, 0.15) is 23.8 Å². The largest absolute Gasteiger partial charge is 0.384 e. The third kappa shape index (κ3) is 3.14. The van der Waals surface area contributed by atoms with Gasteiger partial charge in [0.15, 0.2) is 0 Å². The lowest BCUT2D eigenvalue weighted by Gasteiger charge is -2.06. The smallest absolute Gasteiger partial charge is 0.131 e. The van der Waals surface area contributed by atoms with Crippen LogP contribution in [0.4, 0.5) is 16.0 Å². The quantitative estimate of drug-likeness (QED) is 0.844. The average molecular weight is 232 g/mol. The molecule has 1 heterocycles. The fourth-order valence-electron chi connectivity index (χ4n) is 1.50. The fraction of sp³-hybridized carbons (Fsp3) is 0.167. The molecule has 0 saturated carbocycles. The van der Waals surface area contributed by atoms with Gasteiger partial charge in [-0.1, -0.05) is 18.2 Å². The molecule has 0 saturated heterocycles. The van der Waals surface area contributed by atoms with E-state index in [1.807, 2.05) is 6.07 Å². The highest BCUT2D eigenvalue weighted by Gasteiger charge is 2.00. The lowest BCUT2D eigenvalue weighted by atomic mass is 10.1. The molecule has 2 aromatic rings. The number of nitrogens with zero attached hydrogens (tertiary/aromatic N) is 2. The van der Waals surface area contributed by atoms with Crippen molar-refractivity contribution in [1.29, 1.82) is 0 Å². The standard InChI is InChI=1S/C12H13FN4/c13-10-4-2-1-3-9(10)5-6-15-12-7-11(14)16-8-17-12/h1-4,7-8H,5-6H2,(H3,14,15,16,17). The average Bonchev–Trinajstić information content (AvgIpc) is 2.32. The molecule has 0 fully saturated rings. The van der Waals surface area contributed by atoms with E-state index in [2.05, 4.69) is 15.3 Å². The lowest BCUT2D eigenvalue weighted by molar-refractivity contribution is 0.610. The molecule has 0 spiro atoms. The van der Waals surface area contributed by atoms with Crippen molar-refractivity contribution in [3.63, 3.8) is 0 Å². The maximum atomic E-state index is 13.3. The number of hydrogen-bond acceptors (Lipinski definition) is 4. The molecule has 4 nitrogen and oxygen atoms in total. The summed E-state index contributed by atoms with van der Waals surface area (Å²) < 4.78 is 13.3. The zero-order valence-corrected chi connectivity index (χ0v) is 9.23. The van der Waals surface area contributed by atoms with E-state index in [1.165, 1.54) is 12.4 Å². The van der Waals surface area contributed by atoms with Gasteiger partial charge in [0.05, 0.1) is 0 Å². The Morgan fingerprint density at radius 2 is 2.06 bits per heavy atom. The van der Waals surface area contributed by atoms with Crippen molar-refractivity contribution in [2.75, 3.05) is 17.6 Å². The second kappa shape index (κ2) is 5.25. The summed E-state index contributed by atoms with van der Waals surface area (Å²) in [5, 5.41) is 3.06. The van der Waals surface area contributed by atoms with E-state index < -0.39 is 0 Å². The zero-order chi connectivity index (χ0) is 12.1. The van der Waals surface area contributed by atoms with Gasteiger partial charge in [0.25, 0.3) is 0 Å². The van der Waals surface area contributed by atoms with Crippen LogP contribution in [-0.4, -0.2) is 16.5 Å². The van der Waals surface area contributed by atoms with Crippen LogP contribution in [0.2, 0.25) is 0 Å². The summed E-state index contributed by atoms with van der Waals surface area (Å²) >= 11 is 0. The Balaban J connectivity index is 1.90. The number of benzene rings is 1. The molecule has 1 aromatic carbocycles. The fourth-order valence-corrected chi connectivity index (χ4v) is 1.50. The Kier molecular flexibility index (Phi) is 3.49. The van der Waals surface area contributed by atoms with Crippen molar-refractivity contribution in [1.82, 2.24) is 9.97 Å². The van der Waals surface area contributed by atoms with Crippen molar-refractivity contribution < 1.29 is 4.39 Å². The SMILES string of the molecule is Nc1cc(NCCc2ccccc2F)ncn1. The highest BCUT2D eigenvalue weighted by atomic mass is 19.1. The summed E-state index contributed by atoms with van der Waals surface area (Å²) in [5.74, 6) is 0.874. The molecule has 88 valence electrons. The van der Waals surface area contributed by atoms with E-state index in [1.54, 1.807) is 18.2 Å². The first-order chi connectivity index (χ1) is 8.25. The third-order valence-electron chi connectivity index (χ3n) is 2.35. The minimum atomic E-state index is -0.184. The Morgan fingerprint density at radius 1 is 1.24 bits per heavy atom. The van der Waals surface area contributed by atoms with Crippen molar-refractivity contribution in [3.8, 4) is 0 Å². The molecule has 0 atom stereocenters. The molecule has 0 aliphatic rings.